The van der Waals surface area contributed by atoms with Crippen molar-refractivity contribution >= 4 is 18.3 Å². The fraction of sp³-hybridized carbons (Fsp3) is 0.682. The summed E-state index contributed by atoms with van der Waals surface area (Å²) in [5, 5.41) is 0. The Labute approximate surface area is 164 Å². The number of amides is 1. The number of carbonyl (C=O) groups is 1. The standard InChI is InChI=1S/C22H32N2O.ClH/c25-22(16-18-10-11-19-7-1-2-8-20(19)15-18)24-14-4-3-9-21(24)17-23-12-5-6-13-23;/h10-11,15,21H,1-9,12-14,16-17H2;1H. The molecule has 1 unspecified atom stereocenters. The SMILES string of the molecule is Cl.O=C(Cc1ccc2c(c1)CCCC2)N1CCCCC1CN1CCCC1. The average Bonchev–Trinajstić information content (AvgIpc) is 3.15. The Morgan fingerprint density at radius 1 is 0.923 bits per heavy atom. The molecular formula is C22H33ClN2O. The molecule has 1 aromatic carbocycles. The summed E-state index contributed by atoms with van der Waals surface area (Å²) in [5.41, 5.74) is 4.22. The summed E-state index contributed by atoms with van der Waals surface area (Å²) in [6.45, 7) is 4.50. The lowest BCUT2D eigenvalue weighted by atomic mass is 9.90. The smallest absolute Gasteiger partial charge is 0.227 e. The van der Waals surface area contributed by atoms with Crippen molar-refractivity contribution in [3.63, 3.8) is 0 Å². The molecule has 3 nitrogen and oxygen atoms in total. The number of fused-ring (bicyclic) bond motifs is 1. The lowest BCUT2D eigenvalue weighted by Gasteiger charge is -2.38. The molecule has 0 radical (unpaired) electrons. The van der Waals surface area contributed by atoms with E-state index in [0.29, 0.717) is 18.4 Å². The summed E-state index contributed by atoms with van der Waals surface area (Å²) < 4.78 is 0. The van der Waals surface area contributed by atoms with Crippen LogP contribution in [0.15, 0.2) is 18.2 Å². The van der Waals surface area contributed by atoms with Gasteiger partial charge in [-0.1, -0.05) is 18.2 Å². The van der Waals surface area contributed by atoms with E-state index in [9.17, 15) is 4.79 Å². The van der Waals surface area contributed by atoms with Crippen molar-refractivity contribution in [2.45, 2.75) is 70.3 Å². The van der Waals surface area contributed by atoms with Crippen molar-refractivity contribution in [2.75, 3.05) is 26.2 Å². The van der Waals surface area contributed by atoms with E-state index in [2.05, 4.69) is 28.0 Å². The fourth-order valence-corrected chi connectivity index (χ4v) is 4.95. The van der Waals surface area contributed by atoms with Crippen LogP contribution < -0.4 is 0 Å². The van der Waals surface area contributed by atoms with Crippen molar-refractivity contribution in [2.24, 2.45) is 0 Å². The highest BCUT2D eigenvalue weighted by Gasteiger charge is 2.29. The first-order chi connectivity index (χ1) is 12.3. The van der Waals surface area contributed by atoms with Crippen molar-refractivity contribution in [3.8, 4) is 0 Å². The van der Waals surface area contributed by atoms with E-state index in [-0.39, 0.29) is 12.4 Å². The number of likely N-dealkylation sites (tertiary alicyclic amines) is 2. The molecule has 2 aliphatic heterocycles. The van der Waals surface area contributed by atoms with Crippen LogP contribution in [0.25, 0.3) is 0 Å². The minimum Gasteiger partial charge on any atom is -0.338 e. The molecule has 144 valence electrons. The number of rotatable bonds is 4. The van der Waals surface area contributed by atoms with E-state index in [1.807, 2.05) is 0 Å². The Hall–Kier alpha value is -1.06. The van der Waals surface area contributed by atoms with Crippen LogP contribution >= 0.6 is 12.4 Å². The Kier molecular flexibility index (Phi) is 6.99. The summed E-state index contributed by atoms with van der Waals surface area (Å²) in [6.07, 6.45) is 11.9. The van der Waals surface area contributed by atoms with Crippen molar-refractivity contribution in [1.29, 1.82) is 0 Å². The van der Waals surface area contributed by atoms with Crippen LogP contribution in [0.3, 0.4) is 0 Å². The van der Waals surface area contributed by atoms with Crippen molar-refractivity contribution < 1.29 is 4.79 Å². The molecule has 0 spiro atoms. The van der Waals surface area contributed by atoms with Gasteiger partial charge in [0.15, 0.2) is 0 Å². The minimum absolute atomic E-state index is 0. The monoisotopic (exact) mass is 376 g/mol. The first-order valence-corrected chi connectivity index (χ1v) is 10.4. The maximum Gasteiger partial charge on any atom is 0.227 e. The molecule has 3 aliphatic rings. The number of halogens is 1. The number of aryl methyl sites for hydroxylation is 2. The zero-order valence-corrected chi connectivity index (χ0v) is 16.7. The van der Waals surface area contributed by atoms with Gasteiger partial charge in [-0.05, 0) is 87.6 Å². The quantitative estimate of drug-likeness (QED) is 0.792. The number of piperidine rings is 1. The van der Waals surface area contributed by atoms with Gasteiger partial charge in [-0.3, -0.25) is 4.79 Å². The summed E-state index contributed by atoms with van der Waals surface area (Å²) in [7, 11) is 0. The Morgan fingerprint density at radius 2 is 1.65 bits per heavy atom. The third kappa shape index (κ3) is 4.61. The van der Waals surface area contributed by atoms with Crippen LogP contribution in [-0.4, -0.2) is 47.9 Å². The van der Waals surface area contributed by atoms with Crippen LogP contribution in [-0.2, 0) is 24.1 Å². The van der Waals surface area contributed by atoms with Crippen LogP contribution in [0.1, 0.15) is 61.6 Å². The van der Waals surface area contributed by atoms with Crippen molar-refractivity contribution in [3.05, 3.63) is 34.9 Å². The van der Waals surface area contributed by atoms with Gasteiger partial charge in [0.1, 0.15) is 0 Å². The van der Waals surface area contributed by atoms with Crippen LogP contribution in [0.4, 0.5) is 0 Å². The first kappa shape index (κ1) is 19.7. The van der Waals surface area contributed by atoms with Gasteiger partial charge in [0.05, 0.1) is 6.42 Å². The second-order valence-electron chi connectivity index (χ2n) is 8.23. The molecule has 1 aromatic rings. The molecule has 1 atom stereocenters. The van der Waals surface area contributed by atoms with Gasteiger partial charge in [-0.2, -0.15) is 0 Å². The van der Waals surface area contributed by atoms with Gasteiger partial charge in [0.25, 0.3) is 0 Å². The molecular weight excluding hydrogens is 344 g/mol. The molecule has 2 heterocycles. The number of benzene rings is 1. The lowest BCUT2D eigenvalue weighted by molar-refractivity contribution is -0.134. The summed E-state index contributed by atoms with van der Waals surface area (Å²) >= 11 is 0. The van der Waals surface area contributed by atoms with E-state index in [0.717, 1.165) is 13.1 Å². The highest BCUT2D eigenvalue weighted by Crippen LogP contribution is 2.24. The third-order valence-electron chi connectivity index (χ3n) is 6.38. The van der Waals surface area contributed by atoms with E-state index in [1.165, 1.54) is 87.6 Å². The predicted molar refractivity (Wildman–Crippen MR) is 109 cm³/mol. The van der Waals surface area contributed by atoms with Crippen LogP contribution in [0.5, 0.6) is 0 Å². The first-order valence-electron chi connectivity index (χ1n) is 10.4. The maximum atomic E-state index is 13.0. The van der Waals surface area contributed by atoms with Gasteiger partial charge in [-0.15, -0.1) is 12.4 Å². The normalized spacial score (nSPS) is 23.4. The number of hydrogen-bond acceptors (Lipinski definition) is 2. The second kappa shape index (κ2) is 9.23. The Bertz CT molecular complexity index is 612. The third-order valence-corrected chi connectivity index (χ3v) is 6.38. The number of nitrogens with zero attached hydrogens (tertiary/aromatic N) is 2. The van der Waals surface area contributed by atoms with E-state index in [1.54, 1.807) is 0 Å². The van der Waals surface area contributed by atoms with Crippen LogP contribution in [0.2, 0.25) is 0 Å². The number of hydrogen-bond donors (Lipinski definition) is 0. The molecule has 1 aliphatic carbocycles. The van der Waals surface area contributed by atoms with Gasteiger partial charge < -0.3 is 9.80 Å². The molecule has 2 fully saturated rings. The topological polar surface area (TPSA) is 23.6 Å². The lowest BCUT2D eigenvalue weighted by Crippen LogP contribution is -2.49. The summed E-state index contributed by atoms with van der Waals surface area (Å²) in [5.74, 6) is 0.347. The largest absolute Gasteiger partial charge is 0.338 e. The second-order valence-corrected chi connectivity index (χ2v) is 8.23. The fourth-order valence-electron chi connectivity index (χ4n) is 4.95. The van der Waals surface area contributed by atoms with Crippen LogP contribution in [0, 0.1) is 0 Å². The minimum atomic E-state index is 0. The summed E-state index contributed by atoms with van der Waals surface area (Å²) in [4.78, 5) is 17.8. The summed E-state index contributed by atoms with van der Waals surface area (Å²) in [6, 6.07) is 7.22. The van der Waals surface area contributed by atoms with Gasteiger partial charge >= 0.3 is 0 Å². The molecule has 4 heteroatoms. The van der Waals surface area contributed by atoms with E-state index >= 15 is 0 Å². The van der Waals surface area contributed by atoms with E-state index in [4.69, 9.17) is 0 Å². The maximum absolute atomic E-state index is 13.0. The Morgan fingerprint density at radius 3 is 2.46 bits per heavy atom. The predicted octanol–water partition coefficient (Wildman–Crippen LogP) is 4.01. The van der Waals surface area contributed by atoms with Crippen molar-refractivity contribution in [1.82, 2.24) is 9.80 Å². The zero-order chi connectivity index (χ0) is 17.1. The molecule has 0 bridgehead atoms. The zero-order valence-electron chi connectivity index (χ0n) is 15.9. The highest BCUT2D eigenvalue weighted by atomic mass is 35.5. The highest BCUT2D eigenvalue weighted by molar-refractivity contribution is 5.85. The molecule has 4 rings (SSSR count). The van der Waals surface area contributed by atoms with E-state index < -0.39 is 0 Å². The number of carbonyl (C=O) groups excluding carboxylic acids is 1. The molecule has 0 N–H and O–H groups in total. The molecule has 0 saturated carbocycles. The molecule has 2 saturated heterocycles. The average molecular weight is 377 g/mol. The molecule has 1 amide bonds. The van der Waals surface area contributed by atoms with Gasteiger partial charge in [-0.25, -0.2) is 0 Å². The Balaban J connectivity index is 0.00000196. The van der Waals surface area contributed by atoms with Gasteiger partial charge in [0, 0.05) is 19.1 Å². The molecule has 0 aromatic heterocycles. The van der Waals surface area contributed by atoms with Gasteiger partial charge in [0.2, 0.25) is 5.91 Å². The molecule has 26 heavy (non-hydrogen) atoms.